The van der Waals surface area contributed by atoms with Crippen LogP contribution in [0.15, 0.2) is 18.2 Å². The van der Waals surface area contributed by atoms with Crippen LogP contribution < -0.4 is 5.73 Å². The van der Waals surface area contributed by atoms with E-state index in [-0.39, 0.29) is 5.69 Å². The van der Waals surface area contributed by atoms with Gasteiger partial charge in [0, 0.05) is 23.4 Å². The summed E-state index contributed by atoms with van der Waals surface area (Å²) < 4.78 is 36.9. The molecule has 0 heterocycles. The maximum absolute atomic E-state index is 12.3. The van der Waals surface area contributed by atoms with Gasteiger partial charge in [-0.05, 0) is 18.2 Å². The van der Waals surface area contributed by atoms with Gasteiger partial charge >= 0.3 is 6.18 Å². The number of hydrogen-bond donors (Lipinski definition) is 2. The van der Waals surface area contributed by atoms with E-state index in [0.29, 0.717) is 17.7 Å². The summed E-state index contributed by atoms with van der Waals surface area (Å²) in [5, 5.41) is 0. The van der Waals surface area contributed by atoms with Gasteiger partial charge in [-0.3, -0.25) is 0 Å². The molecule has 0 amide bonds. The lowest BCUT2D eigenvalue weighted by Crippen LogP contribution is -2.06. The highest BCUT2D eigenvalue weighted by Gasteiger charge is 2.30. The lowest BCUT2D eigenvalue weighted by molar-refractivity contribution is -0.137. The van der Waals surface area contributed by atoms with Gasteiger partial charge in [0.2, 0.25) is 0 Å². The van der Waals surface area contributed by atoms with Crippen molar-refractivity contribution in [3.8, 4) is 11.8 Å². The summed E-state index contributed by atoms with van der Waals surface area (Å²) in [6.45, 7) is 0. The van der Waals surface area contributed by atoms with Crippen LogP contribution in [-0.4, -0.2) is 5.75 Å². The molecule has 0 aliphatic rings. The molecular weight excluding hydrogens is 235 g/mol. The highest BCUT2D eigenvalue weighted by Crippen LogP contribution is 2.31. The SMILES string of the molecule is Nc1cc(C(F)(F)F)ccc1C#CCCS. The zero-order valence-corrected chi connectivity index (χ0v) is 9.20. The van der Waals surface area contributed by atoms with Crippen molar-refractivity contribution in [3.63, 3.8) is 0 Å². The van der Waals surface area contributed by atoms with Crippen molar-refractivity contribution in [3.05, 3.63) is 29.3 Å². The number of alkyl halides is 3. The number of halogens is 3. The minimum atomic E-state index is -4.37. The lowest BCUT2D eigenvalue weighted by atomic mass is 10.1. The van der Waals surface area contributed by atoms with Gasteiger partial charge in [0.05, 0.1) is 5.56 Å². The number of nitrogen functional groups attached to an aromatic ring is 1. The van der Waals surface area contributed by atoms with Gasteiger partial charge in [-0.25, -0.2) is 0 Å². The third-order valence-electron chi connectivity index (χ3n) is 1.84. The van der Waals surface area contributed by atoms with Crippen LogP contribution in [0.5, 0.6) is 0 Å². The Balaban J connectivity index is 2.98. The Labute approximate surface area is 97.2 Å². The number of benzene rings is 1. The molecule has 1 rings (SSSR count). The van der Waals surface area contributed by atoms with Gasteiger partial charge in [-0.15, -0.1) is 0 Å². The third kappa shape index (κ3) is 3.38. The number of rotatable bonds is 1. The summed E-state index contributed by atoms with van der Waals surface area (Å²) in [4.78, 5) is 0. The van der Waals surface area contributed by atoms with E-state index in [4.69, 9.17) is 5.73 Å². The van der Waals surface area contributed by atoms with E-state index in [1.807, 2.05) is 0 Å². The molecule has 0 saturated carbocycles. The highest BCUT2D eigenvalue weighted by atomic mass is 32.1. The van der Waals surface area contributed by atoms with Crippen molar-refractivity contribution in [1.82, 2.24) is 0 Å². The fraction of sp³-hybridized carbons (Fsp3) is 0.273. The fourth-order valence-electron chi connectivity index (χ4n) is 1.07. The van der Waals surface area contributed by atoms with Gasteiger partial charge in [0.15, 0.2) is 0 Å². The molecule has 1 aromatic rings. The zero-order valence-electron chi connectivity index (χ0n) is 8.30. The molecule has 16 heavy (non-hydrogen) atoms. The summed E-state index contributed by atoms with van der Waals surface area (Å²) in [6.07, 6.45) is -3.80. The van der Waals surface area contributed by atoms with E-state index < -0.39 is 11.7 Å². The maximum Gasteiger partial charge on any atom is 0.416 e. The summed E-state index contributed by atoms with van der Waals surface area (Å²) in [5.41, 5.74) is 5.17. The second kappa shape index (κ2) is 5.17. The Bertz CT molecular complexity index is 429. The first kappa shape index (κ1) is 12.8. The largest absolute Gasteiger partial charge is 0.416 e. The first-order valence-electron chi connectivity index (χ1n) is 4.51. The van der Waals surface area contributed by atoms with E-state index in [1.54, 1.807) is 0 Å². The Kier molecular flexibility index (Phi) is 4.13. The van der Waals surface area contributed by atoms with E-state index in [9.17, 15) is 13.2 Å². The van der Waals surface area contributed by atoms with Crippen molar-refractivity contribution in [2.24, 2.45) is 0 Å². The molecule has 0 fully saturated rings. The Hall–Kier alpha value is -1.28. The molecule has 0 atom stereocenters. The monoisotopic (exact) mass is 245 g/mol. The minimum absolute atomic E-state index is 0.0430. The van der Waals surface area contributed by atoms with Crippen LogP contribution in [0, 0.1) is 11.8 Å². The number of thiol groups is 1. The molecular formula is C11H10F3NS. The molecule has 0 aliphatic heterocycles. The molecule has 0 aliphatic carbocycles. The van der Waals surface area contributed by atoms with E-state index in [0.717, 1.165) is 12.1 Å². The van der Waals surface area contributed by atoms with Crippen LogP contribution >= 0.6 is 12.6 Å². The first-order valence-corrected chi connectivity index (χ1v) is 5.15. The molecule has 5 heteroatoms. The smallest absolute Gasteiger partial charge is 0.398 e. The van der Waals surface area contributed by atoms with Gasteiger partial charge in [-0.1, -0.05) is 11.8 Å². The average Bonchev–Trinajstić information content (AvgIpc) is 2.19. The fourth-order valence-corrected chi connectivity index (χ4v) is 1.18. The van der Waals surface area contributed by atoms with Crippen LogP contribution in [0.4, 0.5) is 18.9 Å². The standard InChI is InChI=1S/C11H10F3NS/c12-11(13,14)9-5-4-8(10(15)7-9)3-1-2-6-16/h4-5,7,16H,2,6,15H2. The first-order chi connectivity index (χ1) is 7.45. The van der Waals surface area contributed by atoms with Crippen LogP contribution in [0.25, 0.3) is 0 Å². The Morgan fingerprint density at radius 1 is 1.31 bits per heavy atom. The molecule has 86 valence electrons. The van der Waals surface area contributed by atoms with Crippen LogP contribution in [0.3, 0.4) is 0 Å². The van der Waals surface area contributed by atoms with Gasteiger partial charge in [-0.2, -0.15) is 25.8 Å². The molecule has 1 nitrogen and oxygen atoms in total. The van der Waals surface area contributed by atoms with E-state index in [2.05, 4.69) is 24.5 Å². The van der Waals surface area contributed by atoms with Crippen molar-refractivity contribution in [2.75, 3.05) is 11.5 Å². The van der Waals surface area contributed by atoms with Crippen molar-refractivity contribution in [1.29, 1.82) is 0 Å². The third-order valence-corrected chi connectivity index (χ3v) is 2.06. The summed E-state index contributed by atoms with van der Waals surface area (Å²) in [5.74, 6) is 6.07. The molecule has 0 aromatic heterocycles. The number of hydrogen-bond acceptors (Lipinski definition) is 2. The lowest BCUT2D eigenvalue weighted by Gasteiger charge is -2.07. The number of anilines is 1. The molecule has 0 bridgehead atoms. The average molecular weight is 245 g/mol. The predicted molar refractivity (Wildman–Crippen MR) is 61.2 cm³/mol. The zero-order chi connectivity index (χ0) is 12.2. The summed E-state index contributed by atoms with van der Waals surface area (Å²) in [7, 11) is 0. The molecule has 2 N–H and O–H groups in total. The second-order valence-corrected chi connectivity index (χ2v) is 3.52. The van der Waals surface area contributed by atoms with Gasteiger partial charge in [0.25, 0.3) is 0 Å². The second-order valence-electron chi connectivity index (χ2n) is 3.08. The summed E-state index contributed by atoms with van der Waals surface area (Å²) >= 11 is 3.96. The van der Waals surface area contributed by atoms with Crippen molar-refractivity contribution < 1.29 is 13.2 Å². The molecule has 0 unspecified atom stereocenters. The van der Waals surface area contributed by atoms with Crippen LogP contribution in [-0.2, 0) is 6.18 Å². The van der Waals surface area contributed by atoms with Gasteiger partial charge in [0.1, 0.15) is 0 Å². The predicted octanol–water partition coefficient (Wildman–Crippen LogP) is 2.96. The topological polar surface area (TPSA) is 26.0 Å². The van der Waals surface area contributed by atoms with Crippen LogP contribution in [0.1, 0.15) is 17.5 Å². The Morgan fingerprint density at radius 2 is 2.00 bits per heavy atom. The molecule has 0 saturated heterocycles. The highest BCUT2D eigenvalue weighted by molar-refractivity contribution is 7.80. The molecule has 1 aromatic carbocycles. The molecule has 0 radical (unpaired) electrons. The van der Waals surface area contributed by atoms with Crippen molar-refractivity contribution >= 4 is 18.3 Å². The summed E-state index contributed by atoms with van der Waals surface area (Å²) in [6, 6.07) is 3.15. The number of nitrogens with two attached hydrogens (primary N) is 1. The van der Waals surface area contributed by atoms with Crippen molar-refractivity contribution in [2.45, 2.75) is 12.6 Å². The van der Waals surface area contributed by atoms with Crippen LogP contribution in [0.2, 0.25) is 0 Å². The van der Waals surface area contributed by atoms with E-state index >= 15 is 0 Å². The quantitative estimate of drug-likeness (QED) is 0.444. The van der Waals surface area contributed by atoms with Gasteiger partial charge < -0.3 is 5.73 Å². The molecule has 0 spiro atoms. The minimum Gasteiger partial charge on any atom is -0.398 e. The Morgan fingerprint density at radius 3 is 2.50 bits per heavy atom. The maximum atomic E-state index is 12.3. The normalized spacial score (nSPS) is 10.8. The van der Waals surface area contributed by atoms with E-state index in [1.165, 1.54) is 6.07 Å².